The zero-order chi connectivity index (χ0) is 10.8. The van der Waals surface area contributed by atoms with Gasteiger partial charge in [-0.15, -0.1) is 0 Å². The molecule has 0 saturated heterocycles. The van der Waals surface area contributed by atoms with Gasteiger partial charge in [0.05, 0.1) is 12.2 Å². The van der Waals surface area contributed by atoms with Gasteiger partial charge in [-0.2, -0.15) is 0 Å². The molecule has 1 aromatic carbocycles. The normalized spacial score (nSPS) is 10.5. The second-order valence-corrected chi connectivity index (χ2v) is 3.29. The third-order valence-electron chi connectivity index (χ3n) is 2.29. The van der Waals surface area contributed by atoms with Gasteiger partial charge in [0.1, 0.15) is 11.3 Å². The van der Waals surface area contributed by atoms with Crippen LogP contribution in [0.15, 0.2) is 28.7 Å². The molecule has 2 aromatic rings. The second-order valence-electron chi connectivity index (χ2n) is 3.29. The van der Waals surface area contributed by atoms with E-state index in [9.17, 15) is 0 Å². The molecule has 78 valence electrons. The quantitative estimate of drug-likeness (QED) is 0.602. The third kappa shape index (κ3) is 1.61. The van der Waals surface area contributed by atoms with Crippen LogP contribution in [0.1, 0.15) is 18.2 Å². The molecule has 0 amide bonds. The lowest BCUT2D eigenvalue weighted by atomic mass is 10.1. The van der Waals surface area contributed by atoms with Crippen LogP contribution >= 0.6 is 0 Å². The van der Waals surface area contributed by atoms with Crippen LogP contribution in [-0.2, 0) is 4.74 Å². The predicted octanol–water partition coefficient (Wildman–Crippen LogP) is 3.10. The van der Waals surface area contributed by atoms with Crippen molar-refractivity contribution in [1.82, 2.24) is 0 Å². The maximum Gasteiger partial charge on any atom is 0.217 e. The van der Waals surface area contributed by atoms with E-state index >= 15 is 0 Å². The number of aryl methyl sites for hydroxylation is 1. The van der Waals surface area contributed by atoms with E-state index in [0.29, 0.717) is 6.61 Å². The number of benzene rings is 1. The smallest absolute Gasteiger partial charge is 0.217 e. The molecule has 0 aliphatic heterocycles. The zero-order valence-electron chi connectivity index (χ0n) is 8.83. The number of furan rings is 1. The molecule has 3 nitrogen and oxygen atoms in total. The van der Waals surface area contributed by atoms with Gasteiger partial charge < -0.3 is 9.15 Å². The lowest BCUT2D eigenvalue weighted by Crippen LogP contribution is -2.05. The maximum atomic E-state index is 7.79. The standard InChI is InChI=1S/C12H13NO2/c1-3-14-12(13)11-8(2)15-10-7-5-4-6-9(10)11/h4-7,13H,3H2,1-2H3. The first-order valence-electron chi connectivity index (χ1n) is 4.94. The Kier molecular flexibility index (Phi) is 2.46. The molecule has 0 aliphatic carbocycles. The van der Waals surface area contributed by atoms with Crippen molar-refractivity contribution >= 4 is 16.9 Å². The molecule has 0 radical (unpaired) electrons. The van der Waals surface area contributed by atoms with Gasteiger partial charge in [0, 0.05) is 5.39 Å². The van der Waals surface area contributed by atoms with Gasteiger partial charge in [-0.05, 0) is 19.9 Å². The van der Waals surface area contributed by atoms with Gasteiger partial charge in [0.2, 0.25) is 5.90 Å². The Balaban J connectivity index is 2.58. The maximum absolute atomic E-state index is 7.79. The van der Waals surface area contributed by atoms with Crippen molar-refractivity contribution < 1.29 is 9.15 Å². The molecule has 0 saturated carbocycles. The van der Waals surface area contributed by atoms with Gasteiger partial charge in [0.25, 0.3) is 0 Å². The highest BCUT2D eigenvalue weighted by Crippen LogP contribution is 2.25. The summed E-state index contributed by atoms with van der Waals surface area (Å²) in [5.74, 6) is 0.912. The molecule has 0 fully saturated rings. The molecule has 0 atom stereocenters. The summed E-state index contributed by atoms with van der Waals surface area (Å²) >= 11 is 0. The topological polar surface area (TPSA) is 46.2 Å². The Morgan fingerprint density at radius 1 is 1.40 bits per heavy atom. The van der Waals surface area contributed by atoms with Gasteiger partial charge in [-0.3, -0.25) is 5.41 Å². The van der Waals surface area contributed by atoms with Crippen molar-refractivity contribution in [3.05, 3.63) is 35.6 Å². The Labute approximate surface area is 88.2 Å². The van der Waals surface area contributed by atoms with Crippen molar-refractivity contribution in [2.75, 3.05) is 6.61 Å². The van der Waals surface area contributed by atoms with E-state index in [0.717, 1.165) is 22.3 Å². The summed E-state index contributed by atoms with van der Waals surface area (Å²) in [6.45, 7) is 4.22. The lowest BCUT2D eigenvalue weighted by molar-refractivity contribution is 0.325. The third-order valence-corrected chi connectivity index (χ3v) is 2.29. The molecule has 0 spiro atoms. The van der Waals surface area contributed by atoms with E-state index in [1.807, 2.05) is 38.1 Å². The van der Waals surface area contributed by atoms with E-state index < -0.39 is 0 Å². The van der Waals surface area contributed by atoms with E-state index in [-0.39, 0.29) is 5.90 Å². The summed E-state index contributed by atoms with van der Waals surface area (Å²) in [6, 6.07) is 7.68. The minimum Gasteiger partial charge on any atom is -0.478 e. The van der Waals surface area contributed by atoms with E-state index in [2.05, 4.69) is 0 Å². The minimum absolute atomic E-state index is 0.181. The predicted molar refractivity (Wildman–Crippen MR) is 59.4 cm³/mol. The first kappa shape index (κ1) is 9.77. The first-order chi connectivity index (χ1) is 7.24. The van der Waals surface area contributed by atoms with Crippen LogP contribution in [0.5, 0.6) is 0 Å². The monoisotopic (exact) mass is 203 g/mol. The minimum atomic E-state index is 0.181. The average molecular weight is 203 g/mol. The van der Waals surface area contributed by atoms with Gasteiger partial charge in [0.15, 0.2) is 0 Å². The first-order valence-corrected chi connectivity index (χ1v) is 4.94. The molecule has 2 rings (SSSR count). The Hall–Kier alpha value is -1.77. The van der Waals surface area contributed by atoms with Crippen molar-refractivity contribution in [3.63, 3.8) is 0 Å². The Morgan fingerprint density at radius 2 is 2.13 bits per heavy atom. The van der Waals surface area contributed by atoms with Crippen molar-refractivity contribution in [2.24, 2.45) is 0 Å². The van der Waals surface area contributed by atoms with Crippen LogP contribution in [0.2, 0.25) is 0 Å². The van der Waals surface area contributed by atoms with Crippen LogP contribution in [0.4, 0.5) is 0 Å². The van der Waals surface area contributed by atoms with E-state index in [1.165, 1.54) is 0 Å². The highest BCUT2D eigenvalue weighted by molar-refractivity contribution is 6.05. The molecular weight excluding hydrogens is 190 g/mol. The lowest BCUT2D eigenvalue weighted by Gasteiger charge is -2.03. The average Bonchev–Trinajstić information content (AvgIpc) is 2.54. The summed E-state index contributed by atoms with van der Waals surface area (Å²) in [5, 5.41) is 8.73. The number of hydrogen-bond donors (Lipinski definition) is 1. The zero-order valence-corrected chi connectivity index (χ0v) is 8.83. The molecule has 15 heavy (non-hydrogen) atoms. The van der Waals surface area contributed by atoms with Crippen molar-refractivity contribution in [2.45, 2.75) is 13.8 Å². The summed E-state index contributed by atoms with van der Waals surface area (Å²) in [4.78, 5) is 0. The Bertz CT molecular complexity index is 499. The van der Waals surface area contributed by atoms with Gasteiger partial charge in [-0.25, -0.2) is 0 Å². The van der Waals surface area contributed by atoms with Crippen LogP contribution < -0.4 is 0 Å². The molecular formula is C12H13NO2. The van der Waals surface area contributed by atoms with Gasteiger partial charge in [-0.1, -0.05) is 18.2 Å². The SMILES string of the molecule is CCOC(=N)c1c(C)oc2ccccc12. The number of ether oxygens (including phenoxy) is 1. The van der Waals surface area contributed by atoms with Gasteiger partial charge >= 0.3 is 0 Å². The van der Waals surface area contributed by atoms with E-state index in [4.69, 9.17) is 14.6 Å². The second kappa shape index (κ2) is 3.77. The highest BCUT2D eigenvalue weighted by Gasteiger charge is 2.15. The van der Waals surface area contributed by atoms with E-state index in [1.54, 1.807) is 0 Å². The fraction of sp³-hybridized carbons (Fsp3) is 0.250. The molecule has 1 N–H and O–H groups in total. The summed E-state index contributed by atoms with van der Waals surface area (Å²) in [5.41, 5.74) is 1.56. The van der Waals surface area contributed by atoms with Crippen LogP contribution in [-0.4, -0.2) is 12.5 Å². The highest BCUT2D eigenvalue weighted by atomic mass is 16.5. The fourth-order valence-electron chi connectivity index (χ4n) is 1.67. The Morgan fingerprint density at radius 3 is 2.87 bits per heavy atom. The molecule has 1 aromatic heterocycles. The summed E-state index contributed by atoms with van der Waals surface area (Å²) in [6.07, 6.45) is 0. The van der Waals surface area contributed by atoms with Crippen LogP contribution in [0, 0.1) is 12.3 Å². The molecule has 1 heterocycles. The largest absolute Gasteiger partial charge is 0.478 e. The molecule has 0 aliphatic rings. The van der Waals surface area contributed by atoms with Crippen molar-refractivity contribution in [3.8, 4) is 0 Å². The molecule has 3 heteroatoms. The van der Waals surface area contributed by atoms with Crippen LogP contribution in [0.25, 0.3) is 11.0 Å². The summed E-state index contributed by atoms with van der Waals surface area (Å²) < 4.78 is 10.7. The fourth-order valence-corrected chi connectivity index (χ4v) is 1.67. The molecule has 0 unspecified atom stereocenters. The number of nitrogens with one attached hydrogen (secondary N) is 1. The summed E-state index contributed by atoms with van der Waals surface area (Å²) in [7, 11) is 0. The molecule has 0 bridgehead atoms. The van der Waals surface area contributed by atoms with Crippen molar-refractivity contribution in [1.29, 1.82) is 5.41 Å². The number of para-hydroxylation sites is 1. The number of rotatable bonds is 2. The number of fused-ring (bicyclic) bond motifs is 1. The number of hydrogen-bond acceptors (Lipinski definition) is 3. The van der Waals surface area contributed by atoms with Crippen LogP contribution in [0.3, 0.4) is 0 Å².